The Labute approximate surface area is 120 Å². The Balaban J connectivity index is 1.92. The van der Waals surface area contributed by atoms with Crippen LogP contribution in [-0.2, 0) is 20.0 Å². The van der Waals surface area contributed by atoms with Gasteiger partial charge in [-0.2, -0.15) is 0 Å². The Morgan fingerprint density at radius 3 is 3.00 bits per heavy atom. The molecule has 0 fully saturated rings. The molecule has 0 aliphatic carbocycles. The first-order valence-electron chi connectivity index (χ1n) is 6.30. The van der Waals surface area contributed by atoms with Gasteiger partial charge in [-0.1, -0.05) is 17.7 Å². The second-order valence-electron chi connectivity index (χ2n) is 4.82. The van der Waals surface area contributed by atoms with Crippen LogP contribution in [0.4, 0.5) is 4.39 Å². The second kappa shape index (κ2) is 4.90. The van der Waals surface area contributed by atoms with Crippen molar-refractivity contribution in [3.63, 3.8) is 0 Å². The molecule has 1 amide bonds. The van der Waals surface area contributed by atoms with Gasteiger partial charge in [-0.05, 0) is 12.1 Å². The third-order valence-electron chi connectivity index (χ3n) is 3.57. The van der Waals surface area contributed by atoms with Crippen molar-refractivity contribution in [2.75, 3.05) is 6.54 Å². The Morgan fingerprint density at radius 1 is 1.45 bits per heavy atom. The number of hydrogen-bond acceptors (Lipinski definition) is 2. The van der Waals surface area contributed by atoms with E-state index in [1.807, 2.05) is 11.6 Å². The largest absolute Gasteiger partial charge is 0.336 e. The van der Waals surface area contributed by atoms with E-state index >= 15 is 0 Å². The number of fused-ring (bicyclic) bond motifs is 1. The van der Waals surface area contributed by atoms with Crippen LogP contribution in [0.1, 0.15) is 21.7 Å². The summed E-state index contributed by atoms with van der Waals surface area (Å²) in [6, 6.07) is 4.26. The quantitative estimate of drug-likeness (QED) is 0.810. The van der Waals surface area contributed by atoms with Gasteiger partial charge in [0.05, 0.1) is 34.8 Å². The van der Waals surface area contributed by atoms with E-state index in [0.29, 0.717) is 19.5 Å². The van der Waals surface area contributed by atoms with Crippen molar-refractivity contribution < 1.29 is 9.18 Å². The number of aryl methyl sites for hydroxylation is 1. The summed E-state index contributed by atoms with van der Waals surface area (Å²) in [5.74, 6) is -0.960. The average molecular weight is 294 g/mol. The van der Waals surface area contributed by atoms with Crippen molar-refractivity contribution in [3.8, 4) is 0 Å². The van der Waals surface area contributed by atoms with Crippen molar-refractivity contribution in [2.45, 2.75) is 13.0 Å². The molecule has 1 aromatic carbocycles. The lowest BCUT2D eigenvalue weighted by Crippen LogP contribution is -2.37. The van der Waals surface area contributed by atoms with E-state index in [4.69, 9.17) is 11.6 Å². The molecule has 0 N–H and O–H groups in total. The lowest BCUT2D eigenvalue weighted by Gasteiger charge is -2.27. The summed E-state index contributed by atoms with van der Waals surface area (Å²) in [5, 5.41) is 0.144. The molecule has 0 radical (unpaired) electrons. The molecule has 0 saturated heterocycles. The minimum atomic E-state index is -0.585. The van der Waals surface area contributed by atoms with Gasteiger partial charge < -0.3 is 9.47 Å². The number of benzene rings is 1. The molecule has 0 saturated carbocycles. The summed E-state index contributed by atoms with van der Waals surface area (Å²) in [6.45, 7) is 0.947. The highest BCUT2D eigenvalue weighted by Gasteiger charge is 2.27. The van der Waals surface area contributed by atoms with Crippen LogP contribution in [0.15, 0.2) is 24.5 Å². The molecule has 2 aromatic rings. The first kappa shape index (κ1) is 13.1. The molecule has 6 heteroatoms. The smallest absolute Gasteiger partial charge is 0.258 e. The maximum absolute atomic E-state index is 13.8. The number of halogens is 2. The highest BCUT2D eigenvalue weighted by Crippen LogP contribution is 2.24. The van der Waals surface area contributed by atoms with Gasteiger partial charge in [-0.15, -0.1) is 0 Å². The zero-order valence-corrected chi connectivity index (χ0v) is 11.7. The molecule has 4 nitrogen and oxygen atoms in total. The van der Waals surface area contributed by atoms with Gasteiger partial charge in [-0.3, -0.25) is 4.79 Å². The van der Waals surface area contributed by atoms with Gasteiger partial charge in [0.15, 0.2) is 0 Å². The normalized spacial score (nSPS) is 14.2. The molecule has 1 aromatic heterocycles. The number of nitrogens with zero attached hydrogens (tertiary/aromatic N) is 3. The van der Waals surface area contributed by atoms with Gasteiger partial charge >= 0.3 is 0 Å². The van der Waals surface area contributed by atoms with Crippen molar-refractivity contribution in [1.29, 1.82) is 0 Å². The van der Waals surface area contributed by atoms with Gasteiger partial charge in [0.1, 0.15) is 5.82 Å². The summed E-state index contributed by atoms with van der Waals surface area (Å²) in [4.78, 5) is 18.3. The number of hydrogen-bond donors (Lipinski definition) is 0. The van der Waals surface area contributed by atoms with Crippen molar-refractivity contribution in [1.82, 2.24) is 14.5 Å². The van der Waals surface area contributed by atoms with E-state index < -0.39 is 5.82 Å². The zero-order chi connectivity index (χ0) is 14.3. The predicted octanol–water partition coefficient (Wildman–Crippen LogP) is 2.41. The monoisotopic (exact) mass is 293 g/mol. The molecule has 0 unspecified atom stereocenters. The summed E-state index contributed by atoms with van der Waals surface area (Å²) in [6.07, 6.45) is 2.41. The topological polar surface area (TPSA) is 38.1 Å². The number of carbonyl (C=O) groups excluding carboxylic acids is 1. The molecule has 1 aliphatic rings. The predicted molar refractivity (Wildman–Crippen MR) is 73.1 cm³/mol. The number of carbonyl (C=O) groups is 1. The van der Waals surface area contributed by atoms with Crippen LogP contribution < -0.4 is 0 Å². The molecule has 0 bridgehead atoms. The number of rotatable bonds is 1. The highest BCUT2D eigenvalue weighted by molar-refractivity contribution is 6.33. The van der Waals surface area contributed by atoms with Gasteiger partial charge in [0, 0.05) is 20.0 Å². The number of amides is 1. The van der Waals surface area contributed by atoms with E-state index in [0.717, 1.165) is 11.4 Å². The van der Waals surface area contributed by atoms with Crippen LogP contribution in [0, 0.1) is 5.82 Å². The molecule has 1 aliphatic heterocycles. The molecular weight excluding hydrogens is 281 g/mol. The summed E-state index contributed by atoms with van der Waals surface area (Å²) in [7, 11) is 1.88. The molecule has 2 heterocycles. The lowest BCUT2D eigenvalue weighted by molar-refractivity contribution is 0.0725. The first-order valence-corrected chi connectivity index (χ1v) is 6.68. The minimum Gasteiger partial charge on any atom is -0.336 e. The third kappa shape index (κ3) is 2.08. The van der Waals surface area contributed by atoms with Crippen LogP contribution >= 0.6 is 11.6 Å². The second-order valence-corrected chi connectivity index (χ2v) is 5.23. The van der Waals surface area contributed by atoms with E-state index in [2.05, 4.69) is 4.98 Å². The Hall–Kier alpha value is -1.88. The maximum atomic E-state index is 13.8. The fourth-order valence-electron chi connectivity index (χ4n) is 2.45. The highest BCUT2D eigenvalue weighted by atomic mass is 35.5. The summed E-state index contributed by atoms with van der Waals surface area (Å²) < 4.78 is 15.7. The van der Waals surface area contributed by atoms with Crippen LogP contribution in [0.2, 0.25) is 5.02 Å². The van der Waals surface area contributed by atoms with Crippen LogP contribution in [0.25, 0.3) is 0 Å². The minimum absolute atomic E-state index is 0.0558. The van der Waals surface area contributed by atoms with E-state index in [1.165, 1.54) is 18.2 Å². The molecular formula is C14H13ClFN3O. The Morgan fingerprint density at radius 2 is 2.25 bits per heavy atom. The first-order chi connectivity index (χ1) is 9.58. The van der Waals surface area contributed by atoms with Crippen molar-refractivity contribution in [2.24, 2.45) is 7.05 Å². The van der Waals surface area contributed by atoms with E-state index in [-0.39, 0.29) is 16.5 Å². The number of imidazole rings is 1. The van der Waals surface area contributed by atoms with Crippen molar-refractivity contribution >= 4 is 17.5 Å². The fourth-order valence-corrected chi connectivity index (χ4v) is 2.69. The van der Waals surface area contributed by atoms with Crippen LogP contribution in [-0.4, -0.2) is 26.9 Å². The third-order valence-corrected chi connectivity index (χ3v) is 3.88. The number of aromatic nitrogens is 2. The molecule has 104 valence electrons. The fraction of sp³-hybridized carbons (Fsp3) is 0.286. The molecule has 0 spiro atoms. The van der Waals surface area contributed by atoms with Gasteiger partial charge in [0.25, 0.3) is 5.91 Å². The van der Waals surface area contributed by atoms with Crippen LogP contribution in [0.5, 0.6) is 0 Å². The summed E-state index contributed by atoms with van der Waals surface area (Å²) in [5.41, 5.74) is 1.92. The Kier molecular flexibility index (Phi) is 3.22. The molecule has 3 rings (SSSR count). The summed E-state index contributed by atoms with van der Waals surface area (Å²) >= 11 is 5.95. The lowest BCUT2D eigenvalue weighted by atomic mass is 10.1. The van der Waals surface area contributed by atoms with Gasteiger partial charge in [-0.25, -0.2) is 9.37 Å². The van der Waals surface area contributed by atoms with E-state index in [1.54, 1.807) is 11.2 Å². The molecule has 0 atom stereocenters. The standard InChI is InChI=1S/C14H13ClFN3O/c1-18-8-17-11-5-6-19(7-12(11)18)14(20)13-9(15)3-2-4-10(13)16/h2-4,8H,5-7H2,1H3. The molecule has 20 heavy (non-hydrogen) atoms. The van der Waals surface area contributed by atoms with E-state index in [9.17, 15) is 9.18 Å². The van der Waals surface area contributed by atoms with Gasteiger partial charge in [0.2, 0.25) is 0 Å². The Bertz CT molecular complexity index is 663. The SMILES string of the molecule is Cn1cnc2c1CN(C(=O)c1c(F)cccc1Cl)CC2. The van der Waals surface area contributed by atoms with Crippen LogP contribution in [0.3, 0.4) is 0 Å². The van der Waals surface area contributed by atoms with Crippen molar-refractivity contribution in [3.05, 3.63) is 52.3 Å². The average Bonchev–Trinajstić information content (AvgIpc) is 2.79. The maximum Gasteiger partial charge on any atom is 0.258 e. The zero-order valence-electron chi connectivity index (χ0n) is 10.9.